The number of benzene rings is 1. The van der Waals surface area contributed by atoms with Crippen molar-refractivity contribution in [2.75, 3.05) is 22.8 Å². The molecule has 2 aromatic rings. The van der Waals surface area contributed by atoms with Crippen molar-refractivity contribution >= 4 is 27.6 Å². The van der Waals surface area contributed by atoms with Crippen LogP contribution < -0.4 is 43.9 Å². The Kier molecular flexibility index (Phi) is 8.06. The van der Waals surface area contributed by atoms with Gasteiger partial charge in [0.2, 0.25) is 0 Å². The molecule has 1 aliphatic heterocycles. The molecule has 3 aliphatic rings. The summed E-state index contributed by atoms with van der Waals surface area (Å²) in [4.78, 5) is 13.0. The maximum Gasteiger partial charge on any atom is 1.00 e. The zero-order valence-electron chi connectivity index (χ0n) is 20.6. The van der Waals surface area contributed by atoms with Crippen molar-refractivity contribution in [3.05, 3.63) is 40.7 Å². The van der Waals surface area contributed by atoms with Crippen LogP contribution in [0, 0.1) is 0 Å². The number of alkyl halides is 2. The minimum absolute atomic E-state index is 0. The van der Waals surface area contributed by atoms with Crippen LogP contribution in [0.4, 0.5) is 25.0 Å². The van der Waals surface area contributed by atoms with Crippen LogP contribution in [-0.4, -0.2) is 43.5 Å². The number of amides is 2. The maximum atomic E-state index is 13.4. The van der Waals surface area contributed by atoms with Crippen molar-refractivity contribution in [1.29, 1.82) is 0 Å². The number of anilines is 2. The fourth-order valence-corrected chi connectivity index (χ4v) is 6.65. The van der Waals surface area contributed by atoms with Gasteiger partial charge in [0.25, 0.3) is 0 Å². The van der Waals surface area contributed by atoms with Gasteiger partial charge in [-0.2, -0.15) is 22.3 Å². The largest absolute Gasteiger partial charge is 1.00 e. The summed E-state index contributed by atoms with van der Waals surface area (Å²) in [5, 5.41) is 6.38. The molecule has 0 unspecified atom stereocenters. The Hall–Kier alpha value is -1.73. The summed E-state index contributed by atoms with van der Waals surface area (Å²) in [6.07, 6.45) is 8.33. The molecule has 0 spiro atoms. The number of carbonyl (C=O) groups excluding carboxylic acids is 1. The van der Waals surface area contributed by atoms with Gasteiger partial charge in [-0.25, -0.2) is 18.5 Å². The van der Waals surface area contributed by atoms with Gasteiger partial charge in [0.1, 0.15) is 0 Å². The molecule has 0 atom stereocenters. The second-order valence-corrected chi connectivity index (χ2v) is 10.4. The van der Waals surface area contributed by atoms with Crippen molar-refractivity contribution in [1.82, 2.24) is 14.5 Å². The number of carbonyl (C=O) groups is 1. The molecule has 0 radical (unpaired) electrons. The Labute approximate surface area is 226 Å². The molecular weight excluding hydrogens is 491 g/mol. The maximum absolute atomic E-state index is 13.4. The van der Waals surface area contributed by atoms with E-state index in [0.29, 0.717) is 30.7 Å². The van der Waals surface area contributed by atoms with Crippen LogP contribution in [0.2, 0.25) is 0 Å². The standard InChI is InChI=1S/C22H27F2N5O4S.Na.H/c23-21(24)28-13-17(12-25-28)29(16-7-9-33-10-8-16)34(31,32)27-22(30)26-20-18-5-1-3-14(18)11-15-4-2-6-19(15)20;;/h11-13,16,21H,1-10H2,(H2,26,27,30);;/q;+1;-1. The van der Waals surface area contributed by atoms with Crippen LogP contribution in [0.1, 0.15) is 55.9 Å². The third-order valence-corrected chi connectivity index (χ3v) is 8.23. The van der Waals surface area contributed by atoms with Crippen LogP contribution in [0.15, 0.2) is 18.5 Å². The van der Waals surface area contributed by atoms with E-state index in [0.717, 1.165) is 72.0 Å². The predicted molar refractivity (Wildman–Crippen MR) is 122 cm³/mol. The summed E-state index contributed by atoms with van der Waals surface area (Å²) in [5.74, 6) is 0. The molecule has 1 aromatic carbocycles. The first kappa shape index (κ1) is 26.3. The average molecular weight is 520 g/mol. The minimum atomic E-state index is -4.42. The molecule has 2 heterocycles. The summed E-state index contributed by atoms with van der Waals surface area (Å²) < 4.78 is 61.7. The number of ether oxygens (including phenoxy) is 1. The number of hydrogen-bond acceptors (Lipinski definition) is 5. The number of rotatable bonds is 6. The van der Waals surface area contributed by atoms with Gasteiger partial charge in [0, 0.05) is 18.9 Å². The van der Waals surface area contributed by atoms with Crippen molar-refractivity contribution in [2.45, 2.75) is 64.0 Å². The molecule has 35 heavy (non-hydrogen) atoms. The van der Waals surface area contributed by atoms with Crippen LogP contribution >= 0.6 is 0 Å². The predicted octanol–water partition coefficient (Wildman–Crippen LogP) is 0.424. The monoisotopic (exact) mass is 519 g/mol. The van der Waals surface area contributed by atoms with Gasteiger partial charge in [0.15, 0.2) is 0 Å². The molecule has 9 nitrogen and oxygen atoms in total. The average Bonchev–Trinajstić information content (AvgIpc) is 3.54. The summed E-state index contributed by atoms with van der Waals surface area (Å²) in [7, 11) is -4.42. The molecule has 5 rings (SSSR count). The normalized spacial score (nSPS) is 17.6. The molecular formula is C22H28F2N5NaO4S. The van der Waals surface area contributed by atoms with Crippen molar-refractivity contribution < 1.29 is 57.7 Å². The van der Waals surface area contributed by atoms with Crippen molar-refractivity contribution in [3.63, 3.8) is 0 Å². The van der Waals surface area contributed by atoms with Crippen LogP contribution in [0.3, 0.4) is 0 Å². The fourth-order valence-electron chi connectivity index (χ4n) is 5.29. The second-order valence-electron chi connectivity index (χ2n) is 8.89. The quantitative estimate of drug-likeness (QED) is 0.539. The molecule has 2 amide bonds. The molecule has 1 saturated heterocycles. The first-order valence-corrected chi connectivity index (χ1v) is 13.0. The Bertz CT molecular complexity index is 1180. The number of fused-ring (bicyclic) bond motifs is 2. The van der Waals surface area contributed by atoms with Gasteiger partial charge >= 0.3 is 52.3 Å². The van der Waals surface area contributed by atoms with Gasteiger partial charge in [0.05, 0.1) is 24.1 Å². The Morgan fingerprint density at radius 3 is 2.34 bits per heavy atom. The van der Waals surface area contributed by atoms with E-state index in [-0.39, 0.29) is 36.7 Å². The third-order valence-electron chi connectivity index (χ3n) is 6.76. The molecule has 2 N–H and O–H groups in total. The van der Waals surface area contributed by atoms with E-state index in [4.69, 9.17) is 4.74 Å². The molecule has 13 heteroatoms. The van der Waals surface area contributed by atoms with E-state index < -0.39 is 28.8 Å². The van der Waals surface area contributed by atoms with Crippen LogP contribution in [0.25, 0.3) is 0 Å². The van der Waals surface area contributed by atoms with Crippen LogP contribution in [0.5, 0.6) is 0 Å². The Morgan fingerprint density at radius 2 is 1.77 bits per heavy atom. The van der Waals surface area contributed by atoms with Gasteiger partial charge in [-0.3, -0.25) is 0 Å². The second kappa shape index (κ2) is 10.7. The van der Waals surface area contributed by atoms with E-state index >= 15 is 0 Å². The van der Waals surface area contributed by atoms with E-state index in [9.17, 15) is 22.0 Å². The van der Waals surface area contributed by atoms with E-state index in [1.165, 1.54) is 11.1 Å². The SMILES string of the molecule is O=C(Nc1c2c(cc3c1CCC3)CCC2)NS(=O)(=O)N(c1cnn(C(F)F)c1)C1CCOCC1.[H-].[Na+]. The Morgan fingerprint density at radius 1 is 1.14 bits per heavy atom. The third kappa shape index (κ3) is 5.36. The topological polar surface area (TPSA) is 106 Å². The molecule has 1 fully saturated rings. The molecule has 0 saturated carbocycles. The van der Waals surface area contributed by atoms with E-state index in [1.54, 1.807) is 0 Å². The van der Waals surface area contributed by atoms with Crippen molar-refractivity contribution in [3.8, 4) is 0 Å². The molecule has 2 aliphatic carbocycles. The zero-order chi connectivity index (χ0) is 23.9. The minimum Gasteiger partial charge on any atom is -1.00 e. The van der Waals surface area contributed by atoms with Gasteiger partial charge in [-0.1, -0.05) is 6.07 Å². The number of nitrogens with one attached hydrogen (secondary N) is 2. The molecule has 186 valence electrons. The fraction of sp³-hybridized carbons (Fsp3) is 0.545. The van der Waals surface area contributed by atoms with Gasteiger partial charge in [-0.05, 0) is 73.6 Å². The first-order chi connectivity index (χ1) is 16.3. The van der Waals surface area contributed by atoms with Crippen LogP contribution in [-0.2, 0) is 40.6 Å². The number of aryl methyl sites for hydroxylation is 2. The summed E-state index contributed by atoms with van der Waals surface area (Å²) in [6.45, 7) is -2.26. The summed E-state index contributed by atoms with van der Waals surface area (Å²) in [5.41, 5.74) is 5.26. The van der Waals surface area contributed by atoms with E-state index in [1.807, 2.05) is 0 Å². The van der Waals surface area contributed by atoms with Crippen molar-refractivity contribution in [2.24, 2.45) is 0 Å². The number of urea groups is 1. The Balaban J connectivity index is 0.00000180. The van der Waals surface area contributed by atoms with Gasteiger partial charge in [-0.15, -0.1) is 0 Å². The summed E-state index contributed by atoms with van der Waals surface area (Å²) in [6, 6.07) is 0.796. The molecule has 0 bridgehead atoms. The number of hydrogen-bond donors (Lipinski definition) is 2. The van der Waals surface area contributed by atoms with E-state index in [2.05, 4.69) is 21.2 Å². The zero-order valence-corrected chi connectivity index (χ0v) is 22.4. The number of nitrogens with zero attached hydrogens (tertiary/aromatic N) is 3. The first-order valence-electron chi connectivity index (χ1n) is 11.5. The number of halogens is 2. The summed E-state index contributed by atoms with van der Waals surface area (Å²) >= 11 is 0. The smallest absolute Gasteiger partial charge is 1.00 e. The van der Waals surface area contributed by atoms with Gasteiger partial charge < -0.3 is 11.5 Å². The number of aromatic nitrogens is 2. The molecule has 1 aromatic heterocycles.